The van der Waals surface area contributed by atoms with Crippen LogP contribution in [0.1, 0.15) is 53.9 Å². The summed E-state index contributed by atoms with van der Waals surface area (Å²) in [6.07, 6.45) is 7.01. The van der Waals surface area contributed by atoms with E-state index in [9.17, 15) is 4.79 Å². The molecule has 0 bridgehead atoms. The predicted molar refractivity (Wildman–Crippen MR) is 99.0 cm³/mol. The second-order valence-electron chi connectivity index (χ2n) is 7.71. The molecule has 0 heterocycles. The van der Waals surface area contributed by atoms with Gasteiger partial charge in [-0.1, -0.05) is 32.9 Å². The van der Waals surface area contributed by atoms with Crippen LogP contribution in [0.4, 0.5) is 0 Å². The lowest BCUT2D eigenvalue weighted by Gasteiger charge is -2.36. The molecule has 0 N–H and O–H groups in total. The van der Waals surface area contributed by atoms with Gasteiger partial charge in [-0.25, -0.2) is 0 Å². The number of rotatable bonds is 6. The second kappa shape index (κ2) is 8.29. The molecule has 0 spiro atoms. The highest BCUT2D eigenvalue weighted by atomic mass is 28.4. The largest absolute Gasteiger partial charge is 0.466 e. The summed E-state index contributed by atoms with van der Waals surface area (Å²) in [5, 5.41) is 0.232. The first-order valence-electron chi connectivity index (χ1n) is 8.80. The number of hydrogen-bond acceptors (Lipinski definition) is 3. The summed E-state index contributed by atoms with van der Waals surface area (Å²) in [6, 6.07) is 0. The molecule has 1 rings (SSSR count). The van der Waals surface area contributed by atoms with Crippen LogP contribution in [0.2, 0.25) is 18.1 Å². The van der Waals surface area contributed by atoms with E-state index in [0.29, 0.717) is 6.61 Å². The zero-order chi connectivity index (χ0) is 17.7. The lowest BCUT2D eigenvalue weighted by atomic mass is 9.99. The molecule has 1 atom stereocenters. The van der Waals surface area contributed by atoms with Crippen LogP contribution >= 0.6 is 0 Å². The van der Waals surface area contributed by atoms with E-state index in [1.54, 1.807) is 0 Å². The molecule has 0 aliphatic heterocycles. The summed E-state index contributed by atoms with van der Waals surface area (Å²) in [5.74, 6) is -0.171. The molecular formula is C19H34O3Si. The van der Waals surface area contributed by atoms with Crippen molar-refractivity contribution in [2.45, 2.75) is 72.0 Å². The molecule has 0 radical (unpaired) electrons. The van der Waals surface area contributed by atoms with Crippen molar-refractivity contribution in [3.63, 3.8) is 0 Å². The molecule has 0 amide bonds. The number of carbonyl (C=O) groups is 1. The molecule has 3 nitrogen and oxygen atoms in total. The Kier molecular flexibility index (Phi) is 7.27. The highest BCUT2D eigenvalue weighted by Gasteiger charge is 2.37. The molecule has 0 aromatic heterocycles. The second-order valence-corrected chi connectivity index (χ2v) is 12.5. The normalized spacial score (nSPS) is 22.8. The fraction of sp³-hybridized carbons (Fsp3) is 0.737. The Morgan fingerprint density at radius 1 is 1.35 bits per heavy atom. The van der Waals surface area contributed by atoms with E-state index in [2.05, 4.69) is 46.0 Å². The molecule has 132 valence electrons. The van der Waals surface area contributed by atoms with Crippen LogP contribution in [0.15, 0.2) is 23.3 Å². The summed E-state index contributed by atoms with van der Waals surface area (Å²) < 4.78 is 11.4. The molecule has 0 saturated heterocycles. The van der Waals surface area contributed by atoms with E-state index < -0.39 is 8.32 Å². The summed E-state index contributed by atoms with van der Waals surface area (Å²) in [6.45, 7) is 16.4. The number of allylic oxidation sites excluding steroid dienone is 2. The highest BCUT2D eigenvalue weighted by molar-refractivity contribution is 6.74. The SMILES string of the molecule is C/C=C1/CCC(C(=O)OCC)/C1=C/CCO[Si](C)(C)C(C)(C)C. The maximum Gasteiger partial charge on any atom is 0.313 e. The lowest BCUT2D eigenvalue weighted by molar-refractivity contribution is -0.146. The third-order valence-corrected chi connectivity index (χ3v) is 9.66. The van der Waals surface area contributed by atoms with Gasteiger partial charge < -0.3 is 9.16 Å². The van der Waals surface area contributed by atoms with Gasteiger partial charge in [0.2, 0.25) is 0 Å². The Bertz CT molecular complexity index is 469. The first kappa shape index (κ1) is 20.2. The average Bonchev–Trinajstić information content (AvgIpc) is 2.85. The smallest absolute Gasteiger partial charge is 0.313 e. The van der Waals surface area contributed by atoms with Crippen LogP contribution in [-0.2, 0) is 14.0 Å². The quantitative estimate of drug-likeness (QED) is 0.377. The van der Waals surface area contributed by atoms with Crippen molar-refractivity contribution in [1.29, 1.82) is 0 Å². The van der Waals surface area contributed by atoms with Gasteiger partial charge in [-0.15, -0.1) is 0 Å². The number of ether oxygens (including phenoxy) is 1. The van der Waals surface area contributed by atoms with Crippen molar-refractivity contribution in [3.05, 3.63) is 23.3 Å². The van der Waals surface area contributed by atoms with Gasteiger partial charge in [-0.2, -0.15) is 0 Å². The van der Waals surface area contributed by atoms with Gasteiger partial charge >= 0.3 is 5.97 Å². The zero-order valence-electron chi connectivity index (χ0n) is 16.0. The van der Waals surface area contributed by atoms with E-state index in [4.69, 9.17) is 9.16 Å². The topological polar surface area (TPSA) is 35.5 Å². The van der Waals surface area contributed by atoms with Gasteiger partial charge in [0.1, 0.15) is 0 Å². The van der Waals surface area contributed by atoms with E-state index in [1.807, 2.05) is 13.8 Å². The first-order valence-corrected chi connectivity index (χ1v) is 11.7. The molecule has 0 aromatic rings. The van der Waals surface area contributed by atoms with Crippen molar-refractivity contribution in [2.24, 2.45) is 5.92 Å². The standard InChI is InChI=1S/C19H34O3Si/c1-8-15-12-13-17(18(20)21-9-2)16(15)11-10-14-22-23(6,7)19(3,4)5/h8,11,17H,9-10,12-14H2,1-7H3/b15-8-,16-11+. The van der Waals surface area contributed by atoms with Gasteiger partial charge in [0.15, 0.2) is 8.32 Å². The fourth-order valence-corrected chi connectivity index (χ4v) is 3.70. The van der Waals surface area contributed by atoms with Gasteiger partial charge in [-0.3, -0.25) is 4.79 Å². The van der Waals surface area contributed by atoms with Crippen molar-refractivity contribution in [3.8, 4) is 0 Å². The Labute approximate surface area is 143 Å². The zero-order valence-corrected chi connectivity index (χ0v) is 17.0. The van der Waals surface area contributed by atoms with Crippen LogP contribution < -0.4 is 0 Å². The first-order chi connectivity index (χ1) is 10.6. The van der Waals surface area contributed by atoms with E-state index >= 15 is 0 Å². The van der Waals surface area contributed by atoms with Gasteiger partial charge in [0.25, 0.3) is 0 Å². The van der Waals surface area contributed by atoms with Gasteiger partial charge in [-0.05, 0) is 62.4 Å². The molecule has 1 fully saturated rings. The number of carbonyl (C=O) groups excluding carboxylic acids is 1. The van der Waals surface area contributed by atoms with E-state index in [0.717, 1.165) is 31.4 Å². The fourth-order valence-electron chi connectivity index (χ4n) is 2.64. The van der Waals surface area contributed by atoms with Crippen LogP contribution in [0.3, 0.4) is 0 Å². The summed E-state index contributed by atoms with van der Waals surface area (Å²) >= 11 is 0. The van der Waals surface area contributed by atoms with Crippen molar-refractivity contribution in [2.75, 3.05) is 13.2 Å². The van der Waals surface area contributed by atoms with Gasteiger partial charge in [0, 0.05) is 6.61 Å². The minimum Gasteiger partial charge on any atom is -0.466 e. The molecule has 1 saturated carbocycles. The third kappa shape index (κ3) is 5.32. The van der Waals surface area contributed by atoms with Crippen LogP contribution in [0.5, 0.6) is 0 Å². The van der Waals surface area contributed by atoms with E-state index in [1.165, 1.54) is 5.57 Å². The van der Waals surface area contributed by atoms with Crippen LogP contribution in [0, 0.1) is 5.92 Å². The molecule has 1 aliphatic carbocycles. The minimum atomic E-state index is -1.69. The van der Waals surface area contributed by atoms with Crippen molar-refractivity contribution in [1.82, 2.24) is 0 Å². The number of hydrogen-bond donors (Lipinski definition) is 0. The lowest BCUT2D eigenvalue weighted by Crippen LogP contribution is -2.40. The maximum absolute atomic E-state index is 12.1. The van der Waals surface area contributed by atoms with Crippen LogP contribution in [0.25, 0.3) is 0 Å². The summed E-state index contributed by atoms with van der Waals surface area (Å²) in [5.41, 5.74) is 2.44. The third-order valence-electron chi connectivity index (χ3n) is 5.12. The van der Waals surface area contributed by atoms with Crippen molar-refractivity contribution < 1.29 is 14.0 Å². The molecule has 4 heteroatoms. The Morgan fingerprint density at radius 3 is 2.52 bits per heavy atom. The van der Waals surface area contributed by atoms with E-state index in [-0.39, 0.29) is 16.9 Å². The minimum absolute atomic E-state index is 0.0825. The summed E-state index contributed by atoms with van der Waals surface area (Å²) in [4.78, 5) is 12.1. The molecule has 23 heavy (non-hydrogen) atoms. The Morgan fingerprint density at radius 2 is 2.00 bits per heavy atom. The molecule has 1 aliphatic rings. The maximum atomic E-state index is 12.1. The summed E-state index contributed by atoms with van der Waals surface area (Å²) in [7, 11) is -1.69. The molecule has 1 unspecified atom stereocenters. The number of esters is 1. The Hall–Kier alpha value is -0.873. The Balaban J connectivity index is 2.70. The highest BCUT2D eigenvalue weighted by Crippen LogP contribution is 2.38. The van der Waals surface area contributed by atoms with Crippen LogP contribution in [-0.4, -0.2) is 27.5 Å². The average molecular weight is 339 g/mol. The van der Waals surface area contributed by atoms with Crippen molar-refractivity contribution >= 4 is 14.3 Å². The predicted octanol–water partition coefficient (Wildman–Crippen LogP) is 5.24. The molecule has 0 aromatic carbocycles. The van der Waals surface area contributed by atoms with Gasteiger partial charge in [0.05, 0.1) is 12.5 Å². The molecular weight excluding hydrogens is 304 g/mol. The monoisotopic (exact) mass is 338 g/mol.